The van der Waals surface area contributed by atoms with Crippen molar-refractivity contribution in [2.24, 2.45) is 5.73 Å². The molecule has 0 aliphatic carbocycles. The quantitative estimate of drug-likeness (QED) is 0.442. The maximum Gasteiger partial charge on any atom is 0.331 e. The van der Waals surface area contributed by atoms with E-state index in [1.165, 1.54) is 0 Å². The highest BCUT2D eigenvalue weighted by molar-refractivity contribution is 7.62. The third-order valence-electron chi connectivity index (χ3n) is 2.16. The number of hydrogen-bond donors (Lipinski definition) is 3. The number of cyclic esters (lactones) is 1. The molecular formula is C8H12NO6P. The van der Waals surface area contributed by atoms with E-state index in [0.717, 1.165) is 6.08 Å². The number of carbonyl (C=O) groups excluding carboxylic acids is 1. The number of carboxylic acids is 1. The van der Waals surface area contributed by atoms with E-state index in [2.05, 4.69) is 4.74 Å². The van der Waals surface area contributed by atoms with Gasteiger partial charge in [-0.25, -0.2) is 4.79 Å². The molecule has 0 amide bonds. The van der Waals surface area contributed by atoms with Crippen molar-refractivity contribution >= 4 is 19.3 Å². The van der Waals surface area contributed by atoms with Crippen LogP contribution in [0.25, 0.3) is 0 Å². The molecule has 0 bridgehead atoms. The monoisotopic (exact) mass is 249 g/mol. The molecule has 16 heavy (non-hydrogen) atoms. The van der Waals surface area contributed by atoms with E-state index < -0.39 is 25.3 Å². The summed E-state index contributed by atoms with van der Waals surface area (Å²) in [4.78, 5) is 30.7. The van der Waals surface area contributed by atoms with E-state index in [1.54, 1.807) is 0 Å². The molecular weight excluding hydrogens is 237 g/mol. The molecule has 1 aliphatic rings. The van der Waals surface area contributed by atoms with Gasteiger partial charge in [-0.3, -0.25) is 9.36 Å². The first kappa shape index (κ1) is 12.9. The second kappa shape index (κ2) is 4.78. The highest BCUT2D eigenvalue weighted by Crippen LogP contribution is 2.51. The van der Waals surface area contributed by atoms with E-state index in [0.29, 0.717) is 0 Å². The van der Waals surface area contributed by atoms with E-state index in [4.69, 9.17) is 10.8 Å². The van der Waals surface area contributed by atoms with Crippen molar-refractivity contribution < 1.29 is 28.9 Å². The zero-order valence-electron chi connectivity index (χ0n) is 8.33. The maximum atomic E-state index is 11.7. The third-order valence-corrected chi connectivity index (χ3v) is 4.18. The number of ether oxygens (including phenoxy) is 1. The molecule has 2 atom stereocenters. The van der Waals surface area contributed by atoms with Crippen molar-refractivity contribution in [1.29, 1.82) is 0 Å². The number of aliphatic carboxylic acids is 1. The van der Waals surface area contributed by atoms with Gasteiger partial charge in [-0.15, -0.1) is 0 Å². The van der Waals surface area contributed by atoms with Crippen molar-refractivity contribution in [3.63, 3.8) is 0 Å². The molecule has 90 valence electrons. The number of hydrogen-bond acceptors (Lipinski definition) is 5. The fourth-order valence-electron chi connectivity index (χ4n) is 1.15. The number of esters is 1. The fourth-order valence-corrected chi connectivity index (χ4v) is 2.64. The number of nitrogens with two attached hydrogens (primary N) is 1. The molecule has 0 aromatic heterocycles. The van der Waals surface area contributed by atoms with E-state index >= 15 is 0 Å². The standard InChI is InChI=1S/C8H12NO6P/c9-6(8(11)12)1-2-16(13,14)5-3-7(10)15-4-5/h3,6H,1-2,4,9H2,(H,11,12)(H,13,14)/t6-/m0/s1. The van der Waals surface area contributed by atoms with Crippen molar-refractivity contribution in [3.8, 4) is 0 Å². The lowest BCUT2D eigenvalue weighted by Crippen LogP contribution is -2.30. The Labute approximate surface area is 91.3 Å². The molecule has 1 heterocycles. The van der Waals surface area contributed by atoms with Crippen LogP contribution in [0.1, 0.15) is 6.42 Å². The minimum atomic E-state index is -3.70. The summed E-state index contributed by atoms with van der Waals surface area (Å²) in [6.45, 7) is -0.213. The van der Waals surface area contributed by atoms with Crippen LogP contribution >= 0.6 is 7.37 Å². The lowest BCUT2D eigenvalue weighted by Gasteiger charge is -2.12. The lowest BCUT2D eigenvalue weighted by molar-refractivity contribution is -0.138. The van der Waals surface area contributed by atoms with Gasteiger partial charge in [-0.05, 0) is 6.42 Å². The molecule has 7 nitrogen and oxygen atoms in total. The van der Waals surface area contributed by atoms with Gasteiger partial charge >= 0.3 is 11.9 Å². The predicted molar refractivity (Wildman–Crippen MR) is 54.0 cm³/mol. The zero-order valence-corrected chi connectivity index (χ0v) is 9.22. The van der Waals surface area contributed by atoms with Crippen LogP contribution in [0.15, 0.2) is 11.4 Å². The number of rotatable bonds is 5. The molecule has 1 unspecified atom stereocenters. The molecule has 0 aromatic carbocycles. The highest BCUT2D eigenvalue weighted by Gasteiger charge is 2.31. The molecule has 8 heteroatoms. The van der Waals surface area contributed by atoms with E-state index in [1.807, 2.05) is 0 Å². The average Bonchev–Trinajstić information content (AvgIpc) is 2.61. The van der Waals surface area contributed by atoms with Crippen molar-refractivity contribution in [2.45, 2.75) is 12.5 Å². The second-order valence-corrected chi connectivity index (χ2v) is 5.83. The Balaban J connectivity index is 2.59. The van der Waals surface area contributed by atoms with Gasteiger partial charge < -0.3 is 20.5 Å². The van der Waals surface area contributed by atoms with Crippen LogP contribution in [-0.2, 0) is 18.9 Å². The second-order valence-electron chi connectivity index (χ2n) is 3.40. The topological polar surface area (TPSA) is 127 Å². The molecule has 1 aliphatic heterocycles. The fraction of sp³-hybridized carbons (Fsp3) is 0.500. The third kappa shape index (κ3) is 3.16. The Morgan fingerprint density at radius 3 is 2.75 bits per heavy atom. The first-order chi connectivity index (χ1) is 7.33. The van der Waals surface area contributed by atoms with Crippen molar-refractivity contribution in [1.82, 2.24) is 0 Å². The lowest BCUT2D eigenvalue weighted by atomic mass is 10.2. The molecule has 4 N–H and O–H groups in total. The Hall–Kier alpha value is -1.17. The molecule has 0 fully saturated rings. The average molecular weight is 249 g/mol. The largest absolute Gasteiger partial charge is 0.480 e. The summed E-state index contributed by atoms with van der Waals surface area (Å²) < 4.78 is 16.2. The van der Waals surface area contributed by atoms with Gasteiger partial charge in [0.15, 0.2) is 0 Å². The first-order valence-electron chi connectivity index (χ1n) is 4.51. The molecule has 0 saturated heterocycles. The van der Waals surface area contributed by atoms with Crippen LogP contribution in [0.4, 0.5) is 0 Å². The van der Waals surface area contributed by atoms with Gasteiger partial charge in [0.2, 0.25) is 7.37 Å². The normalized spacial score (nSPS) is 20.9. The molecule has 1 rings (SSSR count). The molecule has 0 saturated carbocycles. The van der Waals surface area contributed by atoms with Crippen LogP contribution < -0.4 is 5.73 Å². The predicted octanol–water partition coefficient (Wildman–Crippen LogP) is -0.501. The van der Waals surface area contributed by atoms with Gasteiger partial charge in [0.25, 0.3) is 0 Å². The summed E-state index contributed by atoms with van der Waals surface area (Å²) in [5, 5.41) is 8.51. The Kier molecular flexibility index (Phi) is 3.85. The summed E-state index contributed by atoms with van der Waals surface area (Å²) in [6, 6.07) is -1.18. The zero-order chi connectivity index (χ0) is 12.3. The van der Waals surface area contributed by atoms with Crippen LogP contribution in [0, 0.1) is 0 Å². The van der Waals surface area contributed by atoms with Gasteiger partial charge in [0.05, 0.1) is 5.31 Å². The minimum Gasteiger partial charge on any atom is -0.480 e. The van der Waals surface area contributed by atoms with Gasteiger partial charge in [0, 0.05) is 12.2 Å². The van der Waals surface area contributed by atoms with Gasteiger partial charge in [-0.1, -0.05) is 0 Å². The summed E-state index contributed by atoms with van der Waals surface area (Å²) in [7, 11) is -3.70. The first-order valence-corrected chi connectivity index (χ1v) is 6.35. The molecule has 0 aromatic rings. The molecule has 0 spiro atoms. The van der Waals surface area contributed by atoms with E-state index in [-0.39, 0.29) is 24.5 Å². The van der Waals surface area contributed by atoms with E-state index in [9.17, 15) is 19.0 Å². The Morgan fingerprint density at radius 2 is 2.31 bits per heavy atom. The summed E-state index contributed by atoms with van der Waals surface area (Å²) >= 11 is 0. The van der Waals surface area contributed by atoms with Crippen LogP contribution in [0.3, 0.4) is 0 Å². The van der Waals surface area contributed by atoms with Crippen LogP contribution in [0.5, 0.6) is 0 Å². The minimum absolute atomic E-state index is 0.00934. The summed E-state index contributed by atoms with van der Waals surface area (Å²) in [5.74, 6) is -1.89. The number of carboxylic acid groups (broad SMARTS) is 1. The van der Waals surface area contributed by atoms with Crippen LogP contribution in [-0.4, -0.2) is 40.7 Å². The Morgan fingerprint density at radius 1 is 1.69 bits per heavy atom. The SMILES string of the molecule is N[C@@H](CCP(=O)(O)C1=CC(=O)OC1)C(=O)O. The number of carbonyl (C=O) groups is 2. The smallest absolute Gasteiger partial charge is 0.331 e. The highest BCUT2D eigenvalue weighted by atomic mass is 31.2. The summed E-state index contributed by atoms with van der Waals surface area (Å²) in [6.07, 6.45) is 0.560. The van der Waals surface area contributed by atoms with Crippen LogP contribution in [0.2, 0.25) is 0 Å². The van der Waals surface area contributed by atoms with Gasteiger partial charge in [-0.2, -0.15) is 0 Å². The van der Waals surface area contributed by atoms with Crippen molar-refractivity contribution in [2.75, 3.05) is 12.8 Å². The van der Waals surface area contributed by atoms with Crippen molar-refractivity contribution in [3.05, 3.63) is 11.4 Å². The summed E-state index contributed by atoms with van der Waals surface area (Å²) in [5.41, 5.74) is 5.20. The van der Waals surface area contributed by atoms with Gasteiger partial charge in [0.1, 0.15) is 12.6 Å². The molecule has 0 radical (unpaired) electrons. The Bertz CT molecular complexity index is 390. The maximum absolute atomic E-state index is 11.7.